The number of carbonyl (C=O) groups is 1. The average molecular weight is 1160 g/mol. The van der Waals surface area contributed by atoms with Gasteiger partial charge in [-0.25, -0.2) is 21.8 Å². The van der Waals surface area contributed by atoms with Crippen molar-refractivity contribution in [2.45, 2.75) is 12.8 Å². The van der Waals surface area contributed by atoms with Gasteiger partial charge < -0.3 is 34.5 Å². The first-order valence-electron chi connectivity index (χ1n) is 15.4. The number of fused-ring (bicyclic) bond motifs is 1. The minimum atomic E-state index is -0.446. The van der Waals surface area contributed by atoms with E-state index in [2.05, 4.69) is 56.8 Å². The minimum absolute atomic E-state index is 0. The van der Waals surface area contributed by atoms with E-state index < -0.39 is 11.8 Å². The molecule has 0 saturated heterocycles. The van der Waals surface area contributed by atoms with Crippen molar-refractivity contribution in [1.82, 2.24) is 0 Å². The van der Waals surface area contributed by atoms with E-state index in [4.69, 9.17) is 25.9 Å². The molecule has 5 aromatic rings. The fraction of sp³-hybridized carbons (Fsp3) is 0.0909. The van der Waals surface area contributed by atoms with Crippen LogP contribution >= 0.6 is 11.6 Å². The van der Waals surface area contributed by atoms with E-state index in [1.165, 1.54) is 12.4 Å². The minimum Gasteiger partial charge on any atom is -0.493 e. The molecule has 0 spiro atoms. The second-order valence-corrected chi connectivity index (χ2v) is 10.6. The summed E-state index contributed by atoms with van der Waals surface area (Å²) in [5.74, 6) is 11.8. The molecular formula is C44H34ClFO4U2. The van der Waals surface area contributed by atoms with Crippen LogP contribution in [-0.2, 0) is 14.3 Å². The summed E-state index contributed by atoms with van der Waals surface area (Å²) in [4.78, 5) is 20.0. The Kier molecular flexibility index (Phi) is 23.2. The zero-order valence-electron chi connectivity index (χ0n) is 28.4. The van der Waals surface area contributed by atoms with Crippen LogP contribution in [0, 0.1) is 112 Å². The number of allylic oxidation sites excluding steroid dienone is 1. The Morgan fingerprint density at radius 2 is 1.46 bits per heavy atom. The van der Waals surface area contributed by atoms with E-state index in [1.807, 2.05) is 72.8 Å². The SMILES string of the molecule is C=CC(=O)OCCCOc1ccc(-c2ccc(C#Cc3ccc(C#Cc4ccc5c[c-]ccc5c4)cc3F)cc2Cl)cc1.C=C[C-]=O.[CH2-]C[CH2-].[U+2].[U+2]. The Morgan fingerprint density at radius 3 is 2.10 bits per heavy atom. The van der Waals surface area contributed by atoms with Crippen molar-refractivity contribution in [3.05, 3.63) is 175 Å². The second-order valence-electron chi connectivity index (χ2n) is 10.2. The zero-order valence-corrected chi connectivity index (χ0v) is 37.5. The number of benzene rings is 5. The second kappa shape index (κ2) is 26.1. The predicted octanol–water partition coefficient (Wildman–Crippen LogP) is 9.72. The standard InChI is InChI=1S/C38H25ClFO3.C3H3O.C3H6.2U/c1-2-38(41)43-23-5-22-42-34-19-17-31(18-20-34)35-21-13-28(25-36(35)39)11-15-32-16-12-29(26-37(32)40)9-8-27-10-14-30-6-3-4-7-33(30)24-27;1-2-3-4;1-3-2;;/h2,4,6-7,10,12-14,16-21,24-26H,1,5,22-23H2;2H,1H2;1-3H2;;/q2*-1;-2;2*+2. The third-order valence-electron chi connectivity index (χ3n) is 6.53. The number of hydrogen-bond donors (Lipinski definition) is 0. The molecule has 0 N–H and O–H groups in total. The molecule has 0 unspecified atom stereocenters. The third-order valence-corrected chi connectivity index (χ3v) is 6.85. The Labute approximate surface area is 359 Å². The molecule has 4 nitrogen and oxygen atoms in total. The number of hydrogen-bond acceptors (Lipinski definition) is 4. The largest absolute Gasteiger partial charge is 2.00 e. The van der Waals surface area contributed by atoms with Crippen LogP contribution in [0.5, 0.6) is 5.75 Å². The molecule has 0 saturated carbocycles. The summed E-state index contributed by atoms with van der Waals surface area (Å²) in [6, 6.07) is 32.6. The van der Waals surface area contributed by atoms with Gasteiger partial charge in [0.2, 0.25) is 0 Å². The fourth-order valence-electron chi connectivity index (χ4n) is 4.22. The summed E-state index contributed by atoms with van der Waals surface area (Å²) in [7, 11) is 0. The van der Waals surface area contributed by atoms with Gasteiger partial charge >= 0.3 is 68.2 Å². The van der Waals surface area contributed by atoms with Gasteiger partial charge in [-0.1, -0.05) is 72.2 Å². The molecule has 5 aromatic carbocycles. The molecular weight excluding hydrogens is 1120 g/mol. The van der Waals surface area contributed by atoms with Crippen LogP contribution in [0.1, 0.15) is 35.1 Å². The molecule has 0 aliphatic carbocycles. The van der Waals surface area contributed by atoms with E-state index in [0.29, 0.717) is 34.9 Å². The molecule has 0 aliphatic heterocycles. The van der Waals surface area contributed by atoms with Crippen molar-refractivity contribution in [2.75, 3.05) is 13.2 Å². The topological polar surface area (TPSA) is 52.6 Å². The average Bonchev–Trinajstić information content (AvgIpc) is 3.14. The van der Waals surface area contributed by atoms with Gasteiger partial charge in [0.25, 0.3) is 0 Å². The number of esters is 1. The summed E-state index contributed by atoms with van der Waals surface area (Å²) >= 11 is 6.57. The Bertz CT molecular complexity index is 2050. The van der Waals surface area contributed by atoms with Crippen molar-refractivity contribution < 1.29 is 85.7 Å². The van der Waals surface area contributed by atoms with Gasteiger partial charge in [0.15, 0.2) is 0 Å². The maximum atomic E-state index is 14.8. The molecule has 256 valence electrons. The van der Waals surface area contributed by atoms with Gasteiger partial charge in [-0.3, -0.25) is 0 Å². The van der Waals surface area contributed by atoms with Crippen LogP contribution < -0.4 is 4.74 Å². The number of halogens is 2. The van der Waals surface area contributed by atoms with Crippen molar-refractivity contribution >= 4 is 34.6 Å². The zero-order chi connectivity index (χ0) is 36.1. The molecule has 8 heteroatoms. The van der Waals surface area contributed by atoms with Gasteiger partial charge in [0, 0.05) is 39.8 Å². The van der Waals surface area contributed by atoms with Gasteiger partial charge in [-0.05, 0) is 54.3 Å². The molecule has 0 fully saturated rings. The molecule has 5 rings (SSSR count). The van der Waals surface area contributed by atoms with Crippen LogP contribution in [0.15, 0.2) is 122 Å². The van der Waals surface area contributed by atoms with Crippen molar-refractivity contribution in [3.63, 3.8) is 0 Å². The van der Waals surface area contributed by atoms with E-state index in [1.54, 1.807) is 18.2 Å². The van der Waals surface area contributed by atoms with Crippen LogP contribution in [-0.4, -0.2) is 25.5 Å². The first-order valence-corrected chi connectivity index (χ1v) is 15.8. The van der Waals surface area contributed by atoms with Gasteiger partial charge in [0.1, 0.15) is 11.6 Å². The van der Waals surface area contributed by atoms with E-state index >= 15 is 0 Å². The summed E-state index contributed by atoms with van der Waals surface area (Å²) in [6.45, 7) is 13.8. The van der Waals surface area contributed by atoms with E-state index in [0.717, 1.165) is 46.0 Å². The van der Waals surface area contributed by atoms with Crippen molar-refractivity contribution in [2.24, 2.45) is 0 Å². The number of carbonyl (C=O) groups excluding carboxylic acids is 2. The predicted molar refractivity (Wildman–Crippen MR) is 201 cm³/mol. The number of rotatable bonds is 8. The maximum absolute atomic E-state index is 14.8. The van der Waals surface area contributed by atoms with Crippen LogP contribution in [0.25, 0.3) is 21.9 Å². The smallest absolute Gasteiger partial charge is 0.493 e. The monoisotopic (exact) mass is 1160 g/mol. The first kappa shape index (κ1) is 46.2. The Balaban J connectivity index is 0.00000138. The number of ether oxygens (including phenoxy) is 2. The fourth-order valence-corrected chi connectivity index (χ4v) is 4.51. The molecule has 0 heterocycles. The van der Waals surface area contributed by atoms with E-state index in [-0.39, 0.29) is 74.4 Å². The summed E-state index contributed by atoms with van der Waals surface area (Å²) in [6.07, 6.45) is 4.97. The van der Waals surface area contributed by atoms with Crippen molar-refractivity contribution in [3.8, 4) is 40.6 Å². The van der Waals surface area contributed by atoms with Crippen LogP contribution in [0.4, 0.5) is 4.39 Å². The molecule has 0 atom stereocenters. The molecule has 0 radical (unpaired) electrons. The summed E-state index contributed by atoms with van der Waals surface area (Å²) in [5, 5.41) is 2.71. The first-order chi connectivity index (χ1) is 24.3. The maximum Gasteiger partial charge on any atom is 2.00 e. The normalized spacial score (nSPS) is 9.15. The Hall–Kier alpha value is -3.78. The molecule has 52 heavy (non-hydrogen) atoms. The molecule has 0 aliphatic rings. The van der Waals surface area contributed by atoms with Crippen LogP contribution in [0.3, 0.4) is 0 Å². The van der Waals surface area contributed by atoms with E-state index in [9.17, 15) is 9.18 Å². The third kappa shape index (κ3) is 15.9. The quantitative estimate of drug-likeness (QED) is 0.0511. The van der Waals surface area contributed by atoms with Gasteiger partial charge in [-0.2, -0.15) is 24.3 Å². The Morgan fingerprint density at radius 1 is 0.846 bits per heavy atom. The van der Waals surface area contributed by atoms with Crippen molar-refractivity contribution in [1.29, 1.82) is 0 Å². The summed E-state index contributed by atoms with van der Waals surface area (Å²) in [5.41, 5.74) is 4.14. The van der Waals surface area contributed by atoms with Crippen LogP contribution in [0.2, 0.25) is 5.02 Å². The van der Waals surface area contributed by atoms with Gasteiger partial charge in [-0.15, -0.1) is 16.8 Å². The molecule has 0 bridgehead atoms. The summed E-state index contributed by atoms with van der Waals surface area (Å²) < 4.78 is 25.4. The molecule has 0 amide bonds. The van der Waals surface area contributed by atoms with Gasteiger partial charge in [0.05, 0.1) is 18.8 Å². The molecule has 0 aromatic heterocycles.